The first-order valence-corrected chi connectivity index (χ1v) is 7.92. The van der Waals surface area contributed by atoms with Gasteiger partial charge in [0.05, 0.1) is 12.0 Å². The number of carbonyl (C=O) groups is 1. The number of esters is 1. The van der Waals surface area contributed by atoms with E-state index in [1.807, 2.05) is 13.8 Å². The van der Waals surface area contributed by atoms with Crippen molar-refractivity contribution < 1.29 is 17.9 Å². The Bertz CT molecular complexity index is 585. The molecule has 0 aliphatic rings. The number of aryl methyl sites for hydroxylation is 1. The largest absolute Gasteiger partial charge is 0.468 e. The van der Waals surface area contributed by atoms with Crippen LogP contribution < -0.4 is 0 Å². The monoisotopic (exact) mass is 296 g/mol. The van der Waals surface area contributed by atoms with E-state index in [9.17, 15) is 13.2 Å². The van der Waals surface area contributed by atoms with E-state index in [-0.39, 0.29) is 11.3 Å². The van der Waals surface area contributed by atoms with Gasteiger partial charge in [-0.3, -0.25) is 4.79 Å². The predicted molar refractivity (Wildman–Crippen MR) is 78.2 cm³/mol. The first-order valence-electron chi connectivity index (χ1n) is 6.38. The van der Waals surface area contributed by atoms with Gasteiger partial charge in [0, 0.05) is 0 Å². The molecule has 0 saturated heterocycles. The Balaban J connectivity index is 3.20. The van der Waals surface area contributed by atoms with E-state index in [0.717, 1.165) is 5.56 Å². The molecule has 1 aromatic carbocycles. The van der Waals surface area contributed by atoms with Gasteiger partial charge in [0.1, 0.15) is 0 Å². The van der Waals surface area contributed by atoms with Crippen LogP contribution in [0.2, 0.25) is 0 Å². The van der Waals surface area contributed by atoms with Gasteiger partial charge in [-0.05, 0) is 31.9 Å². The van der Waals surface area contributed by atoms with Crippen LogP contribution in [0.25, 0.3) is 0 Å². The average Bonchev–Trinajstić information content (AvgIpc) is 2.43. The fourth-order valence-corrected chi connectivity index (χ4v) is 3.40. The molecular formula is C15H20O4S. The molecule has 1 aromatic rings. The van der Waals surface area contributed by atoms with Crippen molar-refractivity contribution in [1.29, 1.82) is 0 Å². The number of benzene rings is 1. The van der Waals surface area contributed by atoms with Crippen LogP contribution in [-0.4, -0.2) is 26.7 Å². The minimum atomic E-state index is -3.77. The van der Waals surface area contributed by atoms with Crippen molar-refractivity contribution in [2.45, 2.75) is 36.8 Å². The van der Waals surface area contributed by atoms with Gasteiger partial charge in [0.15, 0.2) is 15.1 Å². The number of ether oxygens (including phenoxy) is 1. The van der Waals surface area contributed by atoms with E-state index in [1.54, 1.807) is 12.1 Å². The van der Waals surface area contributed by atoms with Crippen molar-refractivity contribution in [3.63, 3.8) is 0 Å². The van der Waals surface area contributed by atoms with Crippen LogP contribution in [-0.2, 0) is 19.4 Å². The maximum Gasteiger partial charge on any atom is 0.324 e. The number of hydrogen-bond donors (Lipinski definition) is 0. The van der Waals surface area contributed by atoms with Crippen molar-refractivity contribution in [3.8, 4) is 0 Å². The first kappa shape index (κ1) is 16.4. The molecule has 0 aromatic heterocycles. The molecule has 0 saturated carbocycles. The van der Waals surface area contributed by atoms with Gasteiger partial charge in [-0.1, -0.05) is 36.8 Å². The molecule has 5 heteroatoms. The summed E-state index contributed by atoms with van der Waals surface area (Å²) in [6, 6.07) is 6.43. The Hall–Kier alpha value is -1.62. The topological polar surface area (TPSA) is 60.4 Å². The number of methoxy groups -OCH3 is 1. The van der Waals surface area contributed by atoms with Gasteiger partial charge in [0.2, 0.25) is 0 Å². The van der Waals surface area contributed by atoms with Crippen molar-refractivity contribution in [2.24, 2.45) is 0 Å². The third-order valence-corrected chi connectivity index (χ3v) is 5.20. The molecule has 0 aliphatic carbocycles. The van der Waals surface area contributed by atoms with Crippen LogP contribution in [0.3, 0.4) is 0 Å². The molecule has 0 bridgehead atoms. The molecule has 0 fully saturated rings. The normalized spacial score (nSPS) is 12.8. The zero-order valence-electron chi connectivity index (χ0n) is 12.0. The number of allylic oxidation sites excluding steroid dienone is 1. The lowest BCUT2D eigenvalue weighted by molar-refractivity contribution is -0.140. The SMILES string of the molecule is C=C(CC)CC(C(=O)OC)S(=O)(=O)c1ccc(C)cc1. The zero-order chi connectivity index (χ0) is 15.3. The van der Waals surface area contributed by atoms with Gasteiger partial charge in [-0.25, -0.2) is 8.42 Å². The lowest BCUT2D eigenvalue weighted by atomic mass is 10.1. The minimum Gasteiger partial charge on any atom is -0.468 e. The molecule has 0 heterocycles. The summed E-state index contributed by atoms with van der Waals surface area (Å²) >= 11 is 0. The third-order valence-electron chi connectivity index (χ3n) is 3.16. The van der Waals surface area contributed by atoms with Crippen LogP contribution in [0.5, 0.6) is 0 Å². The number of rotatable bonds is 6. The van der Waals surface area contributed by atoms with Gasteiger partial charge in [-0.2, -0.15) is 0 Å². The highest BCUT2D eigenvalue weighted by atomic mass is 32.2. The van der Waals surface area contributed by atoms with Gasteiger partial charge >= 0.3 is 5.97 Å². The summed E-state index contributed by atoms with van der Waals surface area (Å²) in [5.74, 6) is -0.750. The Morgan fingerprint density at radius 2 is 1.85 bits per heavy atom. The quantitative estimate of drug-likeness (QED) is 0.598. The summed E-state index contributed by atoms with van der Waals surface area (Å²) in [5, 5.41) is -1.23. The zero-order valence-corrected chi connectivity index (χ0v) is 12.9. The Morgan fingerprint density at radius 3 is 2.30 bits per heavy atom. The second-order valence-electron chi connectivity index (χ2n) is 4.68. The summed E-state index contributed by atoms with van der Waals surface area (Å²) in [4.78, 5) is 11.9. The van der Waals surface area contributed by atoms with Crippen LogP contribution >= 0.6 is 0 Å². The molecular weight excluding hydrogens is 276 g/mol. The lowest BCUT2D eigenvalue weighted by Gasteiger charge is -2.16. The molecule has 20 heavy (non-hydrogen) atoms. The van der Waals surface area contributed by atoms with E-state index in [4.69, 9.17) is 0 Å². The van der Waals surface area contributed by atoms with Crippen molar-refractivity contribution in [1.82, 2.24) is 0 Å². The summed E-state index contributed by atoms with van der Waals surface area (Å²) in [6.45, 7) is 7.52. The summed E-state index contributed by atoms with van der Waals surface area (Å²) < 4.78 is 29.7. The van der Waals surface area contributed by atoms with E-state index < -0.39 is 21.1 Å². The average molecular weight is 296 g/mol. The van der Waals surface area contributed by atoms with Crippen LogP contribution in [0.15, 0.2) is 41.3 Å². The van der Waals surface area contributed by atoms with E-state index in [2.05, 4.69) is 11.3 Å². The fourth-order valence-electron chi connectivity index (χ4n) is 1.75. The molecule has 110 valence electrons. The van der Waals surface area contributed by atoms with Gasteiger partial charge in [-0.15, -0.1) is 0 Å². The highest BCUT2D eigenvalue weighted by Crippen LogP contribution is 2.23. The van der Waals surface area contributed by atoms with E-state index in [0.29, 0.717) is 12.0 Å². The van der Waals surface area contributed by atoms with Gasteiger partial charge < -0.3 is 4.74 Å². The molecule has 0 aliphatic heterocycles. The fraction of sp³-hybridized carbons (Fsp3) is 0.400. The molecule has 0 N–H and O–H groups in total. The highest BCUT2D eigenvalue weighted by molar-refractivity contribution is 7.92. The van der Waals surface area contributed by atoms with Crippen molar-refractivity contribution in [3.05, 3.63) is 42.0 Å². The minimum absolute atomic E-state index is 0.0827. The molecule has 1 unspecified atom stereocenters. The van der Waals surface area contributed by atoms with Crippen LogP contribution in [0, 0.1) is 6.92 Å². The predicted octanol–water partition coefficient (Wildman–Crippen LogP) is 2.67. The molecule has 0 radical (unpaired) electrons. The maximum atomic E-state index is 12.6. The molecule has 4 nitrogen and oxygen atoms in total. The molecule has 1 atom stereocenters. The molecule has 1 rings (SSSR count). The Kier molecular flexibility index (Phi) is 5.51. The van der Waals surface area contributed by atoms with Gasteiger partial charge in [0.25, 0.3) is 0 Å². The second kappa shape index (κ2) is 6.70. The number of carbonyl (C=O) groups excluding carboxylic acids is 1. The molecule has 0 amide bonds. The lowest BCUT2D eigenvalue weighted by Crippen LogP contribution is -2.32. The highest BCUT2D eigenvalue weighted by Gasteiger charge is 2.35. The smallest absolute Gasteiger partial charge is 0.324 e. The van der Waals surface area contributed by atoms with E-state index in [1.165, 1.54) is 19.2 Å². The number of hydrogen-bond acceptors (Lipinski definition) is 4. The standard InChI is InChI=1S/C15H20O4S/c1-5-11(2)10-14(15(16)19-4)20(17,18)13-8-6-12(3)7-9-13/h6-9,14H,2,5,10H2,1,3-4H3. The second-order valence-corrected chi connectivity index (χ2v) is 6.81. The Morgan fingerprint density at radius 1 is 1.30 bits per heavy atom. The van der Waals surface area contributed by atoms with E-state index >= 15 is 0 Å². The summed E-state index contributed by atoms with van der Waals surface area (Å²) in [7, 11) is -2.58. The van der Waals surface area contributed by atoms with Crippen LogP contribution in [0.4, 0.5) is 0 Å². The first-order chi connectivity index (χ1) is 9.32. The van der Waals surface area contributed by atoms with Crippen LogP contribution in [0.1, 0.15) is 25.3 Å². The number of sulfone groups is 1. The third kappa shape index (κ3) is 3.70. The summed E-state index contributed by atoms with van der Waals surface area (Å²) in [5.41, 5.74) is 1.66. The Labute approximate surface area is 120 Å². The van der Waals surface area contributed by atoms with Crippen molar-refractivity contribution in [2.75, 3.05) is 7.11 Å². The van der Waals surface area contributed by atoms with Crippen molar-refractivity contribution >= 4 is 15.8 Å². The summed E-state index contributed by atoms with van der Waals surface area (Å²) in [6.07, 6.45) is 0.705. The maximum absolute atomic E-state index is 12.6. The molecule has 0 spiro atoms.